The van der Waals surface area contributed by atoms with Crippen LogP contribution in [0, 0.1) is 0 Å². The van der Waals surface area contributed by atoms with Crippen molar-refractivity contribution in [3.63, 3.8) is 0 Å². The van der Waals surface area contributed by atoms with Crippen LogP contribution in [0.25, 0.3) is 0 Å². The van der Waals surface area contributed by atoms with Crippen LogP contribution in [0.1, 0.15) is 18.5 Å². The number of rotatable bonds is 5. The number of hydrogen-bond donors (Lipinski definition) is 2. The molecule has 0 spiro atoms. The molecule has 1 heterocycles. The van der Waals surface area contributed by atoms with E-state index in [0.717, 1.165) is 6.33 Å². The third kappa shape index (κ3) is 3.41. The minimum Gasteiger partial charge on any atom is -0.464 e. The average Bonchev–Trinajstić information content (AvgIpc) is 2.46. The van der Waals surface area contributed by atoms with Crippen molar-refractivity contribution in [2.75, 3.05) is 11.9 Å². The van der Waals surface area contributed by atoms with Crippen molar-refractivity contribution in [2.45, 2.75) is 13.0 Å². The summed E-state index contributed by atoms with van der Waals surface area (Å²) in [4.78, 5) is 32.8. The van der Waals surface area contributed by atoms with Crippen LogP contribution in [0.2, 0.25) is 0 Å². The van der Waals surface area contributed by atoms with E-state index < -0.39 is 17.7 Å². The van der Waals surface area contributed by atoms with E-state index in [2.05, 4.69) is 20.3 Å². The van der Waals surface area contributed by atoms with Crippen molar-refractivity contribution in [1.82, 2.24) is 15.0 Å². The Labute approximate surface area is 115 Å². The lowest BCUT2D eigenvalue weighted by atomic mass is 10.1. The first-order valence-corrected chi connectivity index (χ1v) is 6.10. The van der Waals surface area contributed by atoms with Gasteiger partial charge in [-0.3, -0.25) is 4.98 Å². The van der Waals surface area contributed by atoms with Gasteiger partial charge in [0.15, 0.2) is 6.04 Å². The van der Waals surface area contributed by atoms with E-state index in [1.54, 1.807) is 19.1 Å². The van der Waals surface area contributed by atoms with E-state index in [0.29, 0.717) is 5.56 Å². The zero-order valence-electron chi connectivity index (χ0n) is 10.9. The normalized spacial score (nSPS) is 11.7. The first-order valence-electron chi connectivity index (χ1n) is 6.10. The van der Waals surface area contributed by atoms with Gasteiger partial charge in [0.1, 0.15) is 6.33 Å². The number of nitrogens with zero attached hydrogens (tertiary/aromatic N) is 2. The van der Waals surface area contributed by atoms with Gasteiger partial charge in [-0.1, -0.05) is 30.3 Å². The molecule has 7 heteroatoms. The first-order chi connectivity index (χ1) is 9.70. The second-order valence-electron chi connectivity index (χ2n) is 3.89. The Balaban J connectivity index is 2.27. The number of hydrogen-bond acceptors (Lipinski definition) is 6. The zero-order chi connectivity index (χ0) is 14.4. The highest BCUT2D eigenvalue weighted by Crippen LogP contribution is 2.18. The molecule has 2 N–H and O–H groups in total. The minimum absolute atomic E-state index is 0.159. The third-order valence-electron chi connectivity index (χ3n) is 2.52. The van der Waals surface area contributed by atoms with Gasteiger partial charge in [-0.25, -0.2) is 14.6 Å². The molecule has 0 aliphatic rings. The van der Waals surface area contributed by atoms with Gasteiger partial charge < -0.3 is 10.1 Å². The van der Waals surface area contributed by atoms with Crippen LogP contribution in [0.15, 0.2) is 41.5 Å². The average molecular weight is 274 g/mol. The quantitative estimate of drug-likeness (QED) is 0.786. The zero-order valence-corrected chi connectivity index (χ0v) is 10.9. The lowest BCUT2D eigenvalue weighted by Gasteiger charge is -2.17. The van der Waals surface area contributed by atoms with Crippen LogP contribution >= 0.6 is 0 Å². The summed E-state index contributed by atoms with van der Waals surface area (Å²) in [7, 11) is 0. The summed E-state index contributed by atoms with van der Waals surface area (Å²) in [6.07, 6.45) is 1.12. The van der Waals surface area contributed by atoms with Gasteiger partial charge in [-0.05, 0) is 12.5 Å². The summed E-state index contributed by atoms with van der Waals surface area (Å²) in [5.74, 6) is -0.287. The molecular weight excluding hydrogens is 260 g/mol. The molecule has 1 aromatic heterocycles. The summed E-state index contributed by atoms with van der Waals surface area (Å²) in [6.45, 7) is 2.00. The maximum absolute atomic E-state index is 12.0. The van der Waals surface area contributed by atoms with E-state index in [-0.39, 0.29) is 12.6 Å². The Kier molecular flexibility index (Phi) is 4.43. The highest BCUT2D eigenvalue weighted by Gasteiger charge is 2.22. The van der Waals surface area contributed by atoms with Crippen LogP contribution in [-0.2, 0) is 9.53 Å². The minimum atomic E-state index is -0.748. The monoisotopic (exact) mass is 274 g/mol. The number of H-pyrrole nitrogens is 1. The second kappa shape index (κ2) is 6.46. The van der Waals surface area contributed by atoms with Crippen molar-refractivity contribution in [3.8, 4) is 0 Å². The molecule has 104 valence electrons. The molecule has 0 saturated heterocycles. The number of esters is 1. The van der Waals surface area contributed by atoms with Gasteiger partial charge in [0, 0.05) is 0 Å². The molecular formula is C13H14N4O3. The fraction of sp³-hybridized carbons (Fsp3) is 0.231. The molecule has 1 unspecified atom stereocenters. The molecule has 2 aromatic rings. The summed E-state index contributed by atoms with van der Waals surface area (Å²) in [5, 5.41) is 2.84. The predicted molar refractivity (Wildman–Crippen MR) is 72.1 cm³/mol. The molecule has 7 nitrogen and oxygen atoms in total. The second-order valence-corrected chi connectivity index (χ2v) is 3.89. The molecule has 0 amide bonds. The Hall–Kier alpha value is -2.70. The fourth-order valence-electron chi connectivity index (χ4n) is 1.66. The molecule has 0 fully saturated rings. The summed E-state index contributed by atoms with van der Waals surface area (Å²) in [6, 6.07) is 8.29. The van der Waals surface area contributed by atoms with Crippen LogP contribution in [0.3, 0.4) is 0 Å². The molecule has 0 aliphatic heterocycles. The number of ether oxygens (including phenoxy) is 1. The van der Waals surface area contributed by atoms with Gasteiger partial charge in [0.05, 0.1) is 6.61 Å². The van der Waals surface area contributed by atoms with E-state index >= 15 is 0 Å². The SMILES string of the molecule is CCOC(=O)C(Nc1ncnc(=O)[nH]1)c1ccccc1. The highest BCUT2D eigenvalue weighted by atomic mass is 16.5. The van der Waals surface area contributed by atoms with Crippen LogP contribution < -0.4 is 11.0 Å². The molecule has 0 aliphatic carbocycles. The largest absolute Gasteiger partial charge is 0.464 e. The van der Waals surface area contributed by atoms with Crippen molar-refractivity contribution < 1.29 is 9.53 Å². The van der Waals surface area contributed by atoms with Crippen LogP contribution in [-0.4, -0.2) is 27.5 Å². The summed E-state index contributed by atoms with van der Waals surface area (Å²) < 4.78 is 5.02. The summed E-state index contributed by atoms with van der Waals surface area (Å²) in [5.41, 5.74) is 0.170. The molecule has 2 rings (SSSR count). The number of aromatic nitrogens is 3. The van der Waals surface area contributed by atoms with Crippen molar-refractivity contribution in [2.24, 2.45) is 0 Å². The summed E-state index contributed by atoms with van der Waals surface area (Å²) >= 11 is 0. The van der Waals surface area contributed by atoms with E-state index in [1.165, 1.54) is 0 Å². The van der Waals surface area contributed by atoms with Gasteiger partial charge >= 0.3 is 11.7 Å². The molecule has 0 radical (unpaired) electrons. The van der Waals surface area contributed by atoms with Crippen LogP contribution in [0.4, 0.5) is 5.95 Å². The Morgan fingerprint density at radius 2 is 2.10 bits per heavy atom. The number of carbonyl (C=O) groups is 1. The van der Waals surface area contributed by atoms with Gasteiger partial charge in [-0.15, -0.1) is 0 Å². The topological polar surface area (TPSA) is 97.0 Å². The van der Waals surface area contributed by atoms with E-state index in [4.69, 9.17) is 4.74 Å². The first kappa shape index (κ1) is 13.7. The number of nitrogens with one attached hydrogen (secondary N) is 2. The standard InChI is InChI=1S/C13H14N4O3/c1-2-20-11(18)10(9-6-4-3-5-7-9)16-12-14-8-15-13(19)17-12/h3-8,10H,2H2,1H3,(H2,14,15,16,17,19). The molecule has 0 saturated carbocycles. The molecule has 1 aromatic carbocycles. The Bertz CT molecular complexity index is 627. The Morgan fingerprint density at radius 3 is 2.75 bits per heavy atom. The maximum atomic E-state index is 12.0. The third-order valence-corrected chi connectivity index (χ3v) is 2.52. The Morgan fingerprint density at radius 1 is 1.35 bits per heavy atom. The van der Waals surface area contributed by atoms with Crippen molar-refractivity contribution >= 4 is 11.9 Å². The smallest absolute Gasteiger partial charge is 0.349 e. The number of aromatic amines is 1. The van der Waals surface area contributed by atoms with E-state index in [9.17, 15) is 9.59 Å². The predicted octanol–water partition coefficient (Wildman–Crippen LogP) is 0.881. The lowest BCUT2D eigenvalue weighted by Crippen LogP contribution is -2.26. The van der Waals surface area contributed by atoms with Crippen LogP contribution in [0.5, 0.6) is 0 Å². The van der Waals surface area contributed by atoms with Gasteiger partial charge in [0.25, 0.3) is 0 Å². The lowest BCUT2D eigenvalue weighted by molar-refractivity contribution is -0.144. The van der Waals surface area contributed by atoms with Gasteiger partial charge in [0.2, 0.25) is 5.95 Å². The van der Waals surface area contributed by atoms with Crippen molar-refractivity contribution in [1.29, 1.82) is 0 Å². The number of anilines is 1. The molecule has 1 atom stereocenters. The fourth-order valence-corrected chi connectivity index (χ4v) is 1.66. The van der Waals surface area contributed by atoms with Gasteiger partial charge in [-0.2, -0.15) is 4.98 Å². The van der Waals surface area contributed by atoms with E-state index in [1.807, 2.05) is 18.2 Å². The maximum Gasteiger partial charge on any atom is 0.349 e. The number of benzene rings is 1. The molecule has 0 bridgehead atoms. The van der Waals surface area contributed by atoms with Crippen molar-refractivity contribution in [3.05, 3.63) is 52.7 Å². The highest BCUT2D eigenvalue weighted by molar-refractivity contribution is 5.80. The molecule has 20 heavy (non-hydrogen) atoms. The number of carbonyl (C=O) groups excluding carboxylic acids is 1.